The fraction of sp³-hybridized carbons (Fsp3) is 0.250. The topological polar surface area (TPSA) is 17.8 Å². The number of alkyl halides is 3. The van der Waals surface area contributed by atoms with E-state index < -0.39 is 11.7 Å². The molecule has 0 saturated carbocycles. The Labute approximate surface area is 117 Å². The van der Waals surface area contributed by atoms with Gasteiger partial charge in [-0.3, -0.25) is 4.68 Å². The molecule has 0 spiro atoms. The Balaban J connectivity index is 2.59. The van der Waals surface area contributed by atoms with Crippen LogP contribution in [0.3, 0.4) is 0 Å². The van der Waals surface area contributed by atoms with Gasteiger partial charge in [0.15, 0.2) is 5.15 Å². The van der Waals surface area contributed by atoms with E-state index >= 15 is 0 Å². The van der Waals surface area contributed by atoms with Crippen LogP contribution in [-0.2, 0) is 13.2 Å². The average molecular weight is 309 g/mol. The van der Waals surface area contributed by atoms with Crippen molar-refractivity contribution in [3.8, 4) is 11.3 Å². The van der Waals surface area contributed by atoms with Crippen LogP contribution in [0.2, 0.25) is 10.2 Å². The fourth-order valence-electron chi connectivity index (χ4n) is 1.86. The molecular weight excluding hydrogens is 300 g/mol. The van der Waals surface area contributed by atoms with E-state index in [2.05, 4.69) is 5.10 Å². The van der Waals surface area contributed by atoms with E-state index in [1.165, 1.54) is 10.7 Å². The van der Waals surface area contributed by atoms with Crippen molar-refractivity contribution in [1.29, 1.82) is 0 Å². The molecule has 0 N–H and O–H groups in total. The van der Waals surface area contributed by atoms with E-state index in [-0.39, 0.29) is 5.02 Å². The first-order chi connectivity index (χ1) is 8.71. The third-order valence-electron chi connectivity index (χ3n) is 2.78. The monoisotopic (exact) mass is 308 g/mol. The summed E-state index contributed by atoms with van der Waals surface area (Å²) in [5, 5.41) is 4.31. The summed E-state index contributed by atoms with van der Waals surface area (Å²) in [7, 11) is 1.65. The van der Waals surface area contributed by atoms with Gasteiger partial charge in [-0.05, 0) is 19.1 Å². The van der Waals surface area contributed by atoms with Crippen LogP contribution in [0.1, 0.15) is 11.1 Å². The molecule has 0 aliphatic heterocycles. The largest absolute Gasteiger partial charge is 0.416 e. The molecule has 2 rings (SSSR count). The summed E-state index contributed by atoms with van der Waals surface area (Å²) in [4.78, 5) is 0. The van der Waals surface area contributed by atoms with Crippen LogP contribution < -0.4 is 0 Å². The molecule has 0 radical (unpaired) electrons. The van der Waals surface area contributed by atoms with Crippen LogP contribution in [0.5, 0.6) is 0 Å². The van der Waals surface area contributed by atoms with Crippen molar-refractivity contribution in [2.24, 2.45) is 7.05 Å². The van der Waals surface area contributed by atoms with E-state index in [1.54, 1.807) is 14.0 Å². The van der Waals surface area contributed by atoms with Crippen molar-refractivity contribution in [2.45, 2.75) is 13.1 Å². The summed E-state index contributed by atoms with van der Waals surface area (Å²) >= 11 is 11.8. The molecule has 0 fully saturated rings. The minimum Gasteiger partial charge on any atom is -0.266 e. The lowest BCUT2D eigenvalue weighted by atomic mass is 10.1. The predicted octanol–water partition coefficient (Wildman–Crippen LogP) is 4.72. The summed E-state index contributed by atoms with van der Waals surface area (Å²) in [5.41, 5.74) is 0.954. The number of hydrogen-bond donors (Lipinski definition) is 0. The van der Waals surface area contributed by atoms with Gasteiger partial charge in [-0.25, -0.2) is 0 Å². The molecule has 0 saturated heterocycles. The minimum absolute atomic E-state index is 0.0117. The highest BCUT2D eigenvalue weighted by Gasteiger charge is 2.31. The molecular formula is C12H9Cl2F3N2. The molecule has 7 heteroatoms. The smallest absolute Gasteiger partial charge is 0.266 e. The van der Waals surface area contributed by atoms with Crippen LogP contribution in [0.4, 0.5) is 13.2 Å². The van der Waals surface area contributed by atoms with E-state index in [9.17, 15) is 13.2 Å². The molecule has 1 aromatic heterocycles. The second-order valence-corrected chi connectivity index (χ2v) is 4.85. The molecule has 2 nitrogen and oxygen atoms in total. The molecule has 1 heterocycles. The first kappa shape index (κ1) is 14.2. The molecule has 0 atom stereocenters. The fourth-order valence-corrected chi connectivity index (χ4v) is 2.33. The maximum Gasteiger partial charge on any atom is 0.416 e. The van der Waals surface area contributed by atoms with Gasteiger partial charge >= 0.3 is 6.18 Å². The summed E-state index contributed by atoms with van der Waals surface area (Å²) in [5.74, 6) is 0. The number of aromatic nitrogens is 2. The van der Waals surface area contributed by atoms with Crippen LogP contribution in [0.25, 0.3) is 11.3 Å². The van der Waals surface area contributed by atoms with E-state index in [4.69, 9.17) is 23.2 Å². The van der Waals surface area contributed by atoms with Crippen molar-refractivity contribution < 1.29 is 13.2 Å². The lowest BCUT2D eigenvalue weighted by Crippen LogP contribution is -2.05. The van der Waals surface area contributed by atoms with E-state index in [1.807, 2.05) is 0 Å². The summed E-state index contributed by atoms with van der Waals surface area (Å²) < 4.78 is 39.2. The summed E-state index contributed by atoms with van der Waals surface area (Å²) in [6.45, 7) is 1.73. The number of hydrogen-bond acceptors (Lipinski definition) is 1. The standard InChI is InChI=1S/C12H9Cl2F3N2/c1-6-10(19(2)18-11(6)14)8-4-3-7(5-9(8)13)12(15,16)17/h3-5H,1-2H3. The average Bonchev–Trinajstić information content (AvgIpc) is 2.53. The number of benzene rings is 1. The summed E-state index contributed by atoms with van der Waals surface area (Å²) in [6.07, 6.45) is -4.42. The van der Waals surface area contributed by atoms with Gasteiger partial charge in [0.1, 0.15) is 0 Å². The number of aryl methyl sites for hydroxylation is 1. The van der Waals surface area contributed by atoms with Gasteiger partial charge in [-0.1, -0.05) is 29.3 Å². The Bertz CT molecular complexity index is 633. The molecule has 102 valence electrons. The maximum atomic E-state index is 12.6. The van der Waals surface area contributed by atoms with Crippen molar-refractivity contribution >= 4 is 23.2 Å². The Hall–Kier alpha value is -1.20. The van der Waals surface area contributed by atoms with Gasteiger partial charge in [0, 0.05) is 18.2 Å². The van der Waals surface area contributed by atoms with Crippen LogP contribution in [-0.4, -0.2) is 9.78 Å². The van der Waals surface area contributed by atoms with Crippen LogP contribution >= 0.6 is 23.2 Å². The SMILES string of the molecule is Cc1c(Cl)nn(C)c1-c1ccc(C(F)(F)F)cc1Cl. The zero-order chi connectivity index (χ0) is 14.4. The number of halogens is 5. The lowest BCUT2D eigenvalue weighted by Gasteiger charge is -2.11. The van der Waals surface area contributed by atoms with E-state index in [0.717, 1.165) is 12.1 Å². The number of nitrogens with zero attached hydrogens (tertiary/aromatic N) is 2. The van der Waals surface area contributed by atoms with Crippen molar-refractivity contribution in [3.05, 3.63) is 39.5 Å². The third-order valence-corrected chi connectivity index (χ3v) is 3.45. The normalized spacial score (nSPS) is 11.9. The molecule has 0 aliphatic carbocycles. The van der Waals surface area contributed by atoms with Gasteiger partial charge in [-0.15, -0.1) is 0 Å². The van der Waals surface area contributed by atoms with Gasteiger partial charge < -0.3 is 0 Å². The zero-order valence-electron chi connectivity index (χ0n) is 10.0. The highest BCUT2D eigenvalue weighted by molar-refractivity contribution is 6.34. The Kier molecular flexibility index (Phi) is 3.53. The lowest BCUT2D eigenvalue weighted by molar-refractivity contribution is -0.137. The van der Waals surface area contributed by atoms with Crippen molar-refractivity contribution in [1.82, 2.24) is 9.78 Å². The number of rotatable bonds is 1. The van der Waals surface area contributed by atoms with Gasteiger partial charge in [0.2, 0.25) is 0 Å². The maximum absolute atomic E-state index is 12.6. The molecule has 2 aromatic rings. The van der Waals surface area contributed by atoms with Gasteiger partial charge in [0.25, 0.3) is 0 Å². The molecule has 0 aliphatic rings. The molecule has 19 heavy (non-hydrogen) atoms. The Morgan fingerprint density at radius 2 is 1.84 bits per heavy atom. The van der Waals surface area contributed by atoms with Crippen molar-refractivity contribution in [3.63, 3.8) is 0 Å². The highest BCUT2D eigenvalue weighted by atomic mass is 35.5. The molecule has 1 aromatic carbocycles. The first-order valence-corrected chi connectivity index (χ1v) is 6.03. The summed E-state index contributed by atoms with van der Waals surface area (Å²) in [6, 6.07) is 3.21. The van der Waals surface area contributed by atoms with Crippen LogP contribution in [0.15, 0.2) is 18.2 Å². The van der Waals surface area contributed by atoms with Crippen molar-refractivity contribution in [2.75, 3.05) is 0 Å². The second kappa shape index (κ2) is 4.72. The minimum atomic E-state index is -4.42. The first-order valence-electron chi connectivity index (χ1n) is 5.28. The predicted molar refractivity (Wildman–Crippen MR) is 68.4 cm³/mol. The van der Waals surface area contributed by atoms with Crippen LogP contribution in [0, 0.1) is 6.92 Å². The quantitative estimate of drug-likeness (QED) is 0.745. The van der Waals surface area contributed by atoms with E-state index in [0.29, 0.717) is 22.0 Å². The molecule has 0 amide bonds. The molecule has 0 unspecified atom stereocenters. The second-order valence-electron chi connectivity index (χ2n) is 4.08. The Morgan fingerprint density at radius 3 is 2.26 bits per heavy atom. The molecule has 0 bridgehead atoms. The Morgan fingerprint density at radius 1 is 1.21 bits per heavy atom. The van der Waals surface area contributed by atoms with Gasteiger partial charge in [-0.2, -0.15) is 18.3 Å². The zero-order valence-corrected chi connectivity index (χ0v) is 11.5. The third kappa shape index (κ3) is 2.58. The van der Waals surface area contributed by atoms with Gasteiger partial charge in [0.05, 0.1) is 16.3 Å². The highest BCUT2D eigenvalue weighted by Crippen LogP contribution is 2.37.